The molecule has 2 saturated carbocycles. The average molecular weight is 386 g/mol. The lowest BCUT2D eigenvalue weighted by Crippen LogP contribution is -2.42. The number of hydrogen-bond acceptors (Lipinski definition) is 3. The summed E-state index contributed by atoms with van der Waals surface area (Å²) in [5.41, 5.74) is 9.40. The zero-order valence-electron chi connectivity index (χ0n) is 15.6. The van der Waals surface area contributed by atoms with Crippen LogP contribution in [0.5, 0.6) is 0 Å². The molecule has 0 spiro atoms. The summed E-state index contributed by atoms with van der Waals surface area (Å²) in [5, 5.41) is 6.55. The molecule has 2 aliphatic rings. The molecule has 0 aromatic heterocycles. The number of amides is 1. The molecule has 2 aliphatic carbocycles. The van der Waals surface area contributed by atoms with Crippen molar-refractivity contribution in [3.8, 4) is 0 Å². The Kier molecular flexibility index (Phi) is 6.08. The quantitative estimate of drug-likeness (QED) is 0.704. The summed E-state index contributed by atoms with van der Waals surface area (Å²) in [4.78, 5) is 12.7. The van der Waals surface area contributed by atoms with Gasteiger partial charge in [0.15, 0.2) is 0 Å². The van der Waals surface area contributed by atoms with Crippen LogP contribution in [0.2, 0.25) is 0 Å². The highest BCUT2D eigenvalue weighted by Crippen LogP contribution is 2.47. The van der Waals surface area contributed by atoms with E-state index in [2.05, 4.69) is 29.7 Å². The summed E-state index contributed by atoms with van der Waals surface area (Å²) in [6.07, 6.45) is 3.46. The Morgan fingerprint density at radius 3 is 2.26 bits per heavy atom. The van der Waals surface area contributed by atoms with Crippen molar-refractivity contribution in [1.29, 1.82) is 0 Å². The molecule has 5 unspecified atom stereocenters. The minimum atomic E-state index is -0.0235. The summed E-state index contributed by atoms with van der Waals surface area (Å²) < 4.78 is 0. The van der Waals surface area contributed by atoms with Gasteiger partial charge in [0.05, 0.1) is 5.92 Å². The number of fused-ring (bicyclic) bond motifs is 2. The van der Waals surface area contributed by atoms with Crippen molar-refractivity contribution in [2.75, 3.05) is 10.6 Å². The Hall–Kier alpha value is -2.04. The van der Waals surface area contributed by atoms with Gasteiger partial charge in [-0.15, -0.1) is 12.4 Å². The van der Waals surface area contributed by atoms with E-state index in [1.165, 1.54) is 12.0 Å². The maximum Gasteiger partial charge on any atom is 0.229 e. The van der Waals surface area contributed by atoms with Crippen molar-refractivity contribution in [3.05, 3.63) is 60.2 Å². The minimum Gasteiger partial charge on any atom is -0.379 e. The van der Waals surface area contributed by atoms with Crippen molar-refractivity contribution in [3.63, 3.8) is 0 Å². The van der Waals surface area contributed by atoms with Crippen LogP contribution in [0.1, 0.15) is 37.8 Å². The Labute approximate surface area is 167 Å². The highest BCUT2D eigenvalue weighted by Gasteiger charge is 2.49. The van der Waals surface area contributed by atoms with Gasteiger partial charge in [-0.2, -0.15) is 0 Å². The summed E-state index contributed by atoms with van der Waals surface area (Å²) in [5.74, 6) is 1.08. The van der Waals surface area contributed by atoms with Gasteiger partial charge in [0.1, 0.15) is 0 Å². The topological polar surface area (TPSA) is 67.1 Å². The molecule has 5 heteroatoms. The van der Waals surface area contributed by atoms with Gasteiger partial charge in [-0.3, -0.25) is 4.79 Å². The van der Waals surface area contributed by atoms with Gasteiger partial charge < -0.3 is 16.4 Å². The van der Waals surface area contributed by atoms with Crippen LogP contribution in [0.25, 0.3) is 0 Å². The Morgan fingerprint density at radius 1 is 1.00 bits per heavy atom. The average Bonchev–Trinajstić information content (AvgIpc) is 3.25. The molecule has 0 saturated heterocycles. The van der Waals surface area contributed by atoms with E-state index in [4.69, 9.17) is 5.73 Å². The highest BCUT2D eigenvalue weighted by molar-refractivity contribution is 5.93. The number of carbonyl (C=O) groups is 1. The zero-order chi connectivity index (χ0) is 18.1. The van der Waals surface area contributed by atoms with Crippen LogP contribution in [0.3, 0.4) is 0 Å². The molecule has 5 atom stereocenters. The lowest BCUT2D eigenvalue weighted by Gasteiger charge is -2.27. The monoisotopic (exact) mass is 385 g/mol. The van der Waals surface area contributed by atoms with Crippen molar-refractivity contribution in [1.82, 2.24) is 0 Å². The third-order valence-electron chi connectivity index (χ3n) is 6.12. The number of anilines is 2. The number of nitrogens with two attached hydrogens (primary N) is 1. The molecular weight excluding hydrogens is 358 g/mol. The summed E-state index contributed by atoms with van der Waals surface area (Å²) >= 11 is 0. The van der Waals surface area contributed by atoms with E-state index < -0.39 is 0 Å². The lowest BCUT2D eigenvalue weighted by molar-refractivity contribution is -0.121. The lowest BCUT2D eigenvalue weighted by atomic mass is 9.84. The molecule has 4 nitrogen and oxygen atoms in total. The first-order chi connectivity index (χ1) is 12.6. The van der Waals surface area contributed by atoms with E-state index in [0.717, 1.165) is 24.2 Å². The fourth-order valence-corrected chi connectivity index (χ4v) is 4.68. The molecule has 2 fully saturated rings. The molecular formula is C22H28ClN3O. The minimum absolute atomic E-state index is 0. The van der Waals surface area contributed by atoms with Gasteiger partial charge in [0, 0.05) is 23.5 Å². The fraction of sp³-hybridized carbons (Fsp3) is 0.409. The van der Waals surface area contributed by atoms with Gasteiger partial charge in [0.25, 0.3) is 0 Å². The summed E-state index contributed by atoms with van der Waals surface area (Å²) in [6, 6.07) is 18.5. The third kappa shape index (κ3) is 4.12. The predicted molar refractivity (Wildman–Crippen MR) is 113 cm³/mol. The second kappa shape index (κ2) is 8.32. The molecule has 4 N–H and O–H groups in total. The van der Waals surface area contributed by atoms with Crippen LogP contribution in [0.4, 0.5) is 11.4 Å². The zero-order valence-corrected chi connectivity index (χ0v) is 16.4. The highest BCUT2D eigenvalue weighted by atomic mass is 35.5. The van der Waals surface area contributed by atoms with E-state index in [9.17, 15) is 4.79 Å². The Bertz CT molecular complexity index is 763. The number of hydrogen-bond donors (Lipinski definition) is 3. The number of benzene rings is 2. The van der Waals surface area contributed by atoms with Crippen molar-refractivity contribution < 1.29 is 4.79 Å². The van der Waals surface area contributed by atoms with Crippen LogP contribution < -0.4 is 16.4 Å². The maximum absolute atomic E-state index is 12.7. The fourth-order valence-electron chi connectivity index (χ4n) is 4.68. The molecule has 0 aliphatic heterocycles. The van der Waals surface area contributed by atoms with Crippen molar-refractivity contribution in [2.45, 2.75) is 38.3 Å². The van der Waals surface area contributed by atoms with Crippen LogP contribution >= 0.6 is 12.4 Å². The molecule has 27 heavy (non-hydrogen) atoms. The second-order valence-corrected chi connectivity index (χ2v) is 7.78. The van der Waals surface area contributed by atoms with E-state index in [-0.39, 0.29) is 36.3 Å². The van der Waals surface area contributed by atoms with Crippen LogP contribution in [0, 0.1) is 17.8 Å². The number of rotatable bonds is 5. The van der Waals surface area contributed by atoms with E-state index in [1.807, 2.05) is 42.5 Å². The number of carbonyl (C=O) groups excluding carboxylic acids is 1. The molecule has 0 heterocycles. The molecule has 2 aromatic carbocycles. The normalized spacial score (nSPS) is 26.9. The van der Waals surface area contributed by atoms with Crippen molar-refractivity contribution >= 4 is 29.7 Å². The van der Waals surface area contributed by atoms with Gasteiger partial charge in [-0.05, 0) is 67.9 Å². The van der Waals surface area contributed by atoms with E-state index >= 15 is 0 Å². The summed E-state index contributed by atoms with van der Waals surface area (Å²) in [6.45, 7) is 2.14. The van der Waals surface area contributed by atoms with Gasteiger partial charge in [-0.1, -0.05) is 30.3 Å². The molecule has 2 bridgehead atoms. The standard InChI is InChI=1S/C22H27N3O.ClH/c1-14(15-5-3-2-4-6-15)24-18-9-11-19(12-10-18)25-22(26)20-16-7-8-17(13-16)21(20)23;/h2-6,9-12,14,16-17,20-21,24H,7-8,13,23H2,1H3,(H,25,26);1H. The van der Waals surface area contributed by atoms with Crippen molar-refractivity contribution in [2.24, 2.45) is 23.5 Å². The first-order valence-electron chi connectivity index (χ1n) is 9.60. The Morgan fingerprint density at radius 2 is 1.63 bits per heavy atom. The van der Waals surface area contributed by atoms with Gasteiger partial charge >= 0.3 is 0 Å². The maximum atomic E-state index is 12.7. The molecule has 2 aromatic rings. The van der Waals surface area contributed by atoms with Crippen LogP contribution in [-0.2, 0) is 4.79 Å². The Balaban J connectivity index is 0.00000210. The molecule has 1 amide bonds. The smallest absolute Gasteiger partial charge is 0.229 e. The van der Waals surface area contributed by atoms with Crippen LogP contribution in [-0.4, -0.2) is 11.9 Å². The van der Waals surface area contributed by atoms with E-state index in [1.54, 1.807) is 0 Å². The predicted octanol–water partition coefficient (Wildman–Crippen LogP) is 4.59. The van der Waals surface area contributed by atoms with E-state index in [0.29, 0.717) is 11.8 Å². The SMILES string of the molecule is CC(Nc1ccc(NC(=O)C2C3CCC(C3)C2N)cc1)c1ccccc1.Cl. The third-order valence-corrected chi connectivity index (χ3v) is 6.12. The number of nitrogens with one attached hydrogen (secondary N) is 2. The second-order valence-electron chi connectivity index (χ2n) is 7.78. The van der Waals surface area contributed by atoms with Crippen LogP contribution in [0.15, 0.2) is 54.6 Å². The number of halogens is 1. The summed E-state index contributed by atoms with van der Waals surface area (Å²) in [7, 11) is 0. The largest absolute Gasteiger partial charge is 0.379 e. The molecule has 144 valence electrons. The van der Waals surface area contributed by atoms with Gasteiger partial charge in [0.2, 0.25) is 5.91 Å². The first kappa shape index (κ1) is 19.7. The van der Waals surface area contributed by atoms with Gasteiger partial charge in [-0.25, -0.2) is 0 Å². The first-order valence-corrected chi connectivity index (χ1v) is 9.60. The molecule has 4 rings (SSSR count). The molecule has 0 radical (unpaired) electrons.